The lowest BCUT2D eigenvalue weighted by atomic mass is 10.1. The van der Waals surface area contributed by atoms with Gasteiger partial charge in [0.05, 0.1) is 0 Å². The van der Waals surface area contributed by atoms with Gasteiger partial charge in [-0.15, -0.1) is 0 Å². The zero-order valence-electron chi connectivity index (χ0n) is 21.1. The molecule has 0 saturated carbocycles. The Labute approximate surface area is 198 Å². The molecule has 1 rings (SSSR count). The van der Waals surface area contributed by atoms with Crippen molar-refractivity contribution in [2.45, 2.75) is 97.4 Å². The van der Waals surface area contributed by atoms with E-state index in [0.717, 1.165) is 5.56 Å². The number of nitrogens with one attached hydrogen (secondary N) is 3. The van der Waals surface area contributed by atoms with Crippen LogP contribution in [0, 0.1) is 0 Å². The second-order valence-corrected chi connectivity index (χ2v) is 10.2. The minimum absolute atomic E-state index is 0.100. The van der Waals surface area contributed by atoms with Crippen molar-refractivity contribution < 1.29 is 23.9 Å². The molecule has 0 fully saturated rings. The molecular formula is C25H41N3O5. The first kappa shape index (κ1) is 28.3. The maximum Gasteiger partial charge on any atom is 0.408 e. The number of carbonyl (C=O) groups is 3. The van der Waals surface area contributed by atoms with Crippen molar-refractivity contribution in [3.05, 3.63) is 35.9 Å². The van der Waals surface area contributed by atoms with Crippen molar-refractivity contribution in [2.24, 2.45) is 0 Å². The first-order valence-corrected chi connectivity index (χ1v) is 11.6. The van der Waals surface area contributed by atoms with Crippen LogP contribution in [-0.4, -0.2) is 47.9 Å². The summed E-state index contributed by atoms with van der Waals surface area (Å²) in [5.74, 6) is -0.260. The molecule has 0 aliphatic carbocycles. The van der Waals surface area contributed by atoms with Crippen LogP contribution in [0.1, 0.15) is 73.3 Å². The Hall–Kier alpha value is -2.77. The lowest BCUT2D eigenvalue weighted by Crippen LogP contribution is -2.50. The van der Waals surface area contributed by atoms with Gasteiger partial charge in [-0.2, -0.15) is 0 Å². The van der Waals surface area contributed by atoms with Gasteiger partial charge >= 0.3 is 12.2 Å². The third-order valence-corrected chi connectivity index (χ3v) is 4.37. The molecule has 0 aliphatic heterocycles. The van der Waals surface area contributed by atoms with Crippen LogP contribution in [0.25, 0.3) is 0 Å². The molecule has 1 aromatic rings. The van der Waals surface area contributed by atoms with E-state index in [1.54, 1.807) is 41.5 Å². The fourth-order valence-electron chi connectivity index (χ4n) is 3.06. The summed E-state index contributed by atoms with van der Waals surface area (Å²) in [5, 5.41) is 8.37. The molecule has 8 nitrogen and oxygen atoms in total. The molecule has 0 spiro atoms. The van der Waals surface area contributed by atoms with E-state index < -0.39 is 29.4 Å². The van der Waals surface area contributed by atoms with Crippen LogP contribution >= 0.6 is 0 Å². The molecular weight excluding hydrogens is 422 g/mol. The minimum Gasteiger partial charge on any atom is -0.444 e. The smallest absolute Gasteiger partial charge is 0.408 e. The molecule has 0 radical (unpaired) electrons. The number of alkyl carbamates (subject to hydrolysis) is 2. The van der Waals surface area contributed by atoms with Gasteiger partial charge in [0.25, 0.3) is 0 Å². The summed E-state index contributed by atoms with van der Waals surface area (Å²) in [4.78, 5) is 36.9. The minimum atomic E-state index is -0.736. The van der Waals surface area contributed by atoms with E-state index in [1.807, 2.05) is 37.3 Å². The van der Waals surface area contributed by atoms with Gasteiger partial charge in [0, 0.05) is 12.6 Å². The Morgan fingerprint density at radius 3 is 2.00 bits per heavy atom. The Balaban J connectivity index is 2.59. The molecule has 0 bridgehead atoms. The highest BCUT2D eigenvalue weighted by molar-refractivity contribution is 5.85. The number of rotatable bonds is 10. The second kappa shape index (κ2) is 13.1. The summed E-state index contributed by atoms with van der Waals surface area (Å²) in [5.41, 5.74) is -0.0976. The van der Waals surface area contributed by atoms with Crippen molar-refractivity contribution in [1.29, 1.82) is 0 Å². The topological polar surface area (TPSA) is 106 Å². The van der Waals surface area contributed by atoms with Crippen LogP contribution in [-0.2, 0) is 20.7 Å². The average Bonchev–Trinajstić information content (AvgIpc) is 2.64. The van der Waals surface area contributed by atoms with E-state index in [2.05, 4.69) is 16.0 Å². The summed E-state index contributed by atoms with van der Waals surface area (Å²) in [6.07, 6.45) is 1.25. The molecule has 0 saturated heterocycles. The molecule has 0 heterocycles. The molecule has 3 amide bonds. The summed E-state index contributed by atoms with van der Waals surface area (Å²) in [6.45, 7) is 13.1. The first-order chi connectivity index (χ1) is 15.2. The second-order valence-electron chi connectivity index (χ2n) is 10.2. The first-order valence-electron chi connectivity index (χ1n) is 11.6. The SMILES string of the molecule is CC(Cc1ccccc1)NC(=O)C(CCCCNC(=O)OC(C)(C)C)NC(=O)OC(C)(C)C. The van der Waals surface area contributed by atoms with Gasteiger partial charge in [-0.1, -0.05) is 30.3 Å². The Morgan fingerprint density at radius 1 is 0.848 bits per heavy atom. The van der Waals surface area contributed by atoms with Gasteiger partial charge in [-0.05, 0) is 79.7 Å². The summed E-state index contributed by atoms with van der Waals surface area (Å²) < 4.78 is 10.5. The Kier molecular flexibility index (Phi) is 11.2. The van der Waals surface area contributed by atoms with Crippen LogP contribution in [0.15, 0.2) is 30.3 Å². The summed E-state index contributed by atoms with van der Waals surface area (Å²) >= 11 is 0. The highest BCUT2D eigenvalue weighted by Gasteiger charge is 2.25. The maximum atomic E-state index is 12.9. The lowest BCUT2D eigenvalue weighted by Gasteiger charge is -2.24. The highest BCUT2D eigenvalue weighted by Crippen LogP contribution is 2.10. The van der Waals surface area contributed by atoms with Gasteiger partial charge < -0.3 is 25.4 Å². The van der Waals surface area contributed by atoms with Crippen LogP contribution in [0.5, 0.6) is 0 Å². The Bertz CT molecular complexity index is 754. The molecule has 0 aromatic heterocycles. The van der Waals surface area contributed by atoms with Crippen LogP contribution in [0.3, 0.4) is 0 Å². The summed E-state index contributed by atoms with van der Waals surface area (Å²) in [7, 11) is 0. The molecule has 186 valence electrons. The predicted octanol–water partition coefficient (Wildman–Crippen LogP) is 4.32. The molecule has 8 heteroatoms. The van der Waals surface area contributed by atoms with E-state index in [9.17, 15) is 14.4 Å². The van der Waals surface area contributed by atoms with E-state index in [-0.39, 0.29) is 11.9 Å². The number of ether oxygens (including phenoxy) is 2. The predicted molar refractivity (Wildman–Crippen MR) is 129 cm³/mol. The zero-order chi connectivity index (χ0) is 25.1. The van der Waals surface area contributed by atoms with Gasteiger partial charge in [-0.25, -0.2) is 9.59 Å². The normalized spacial score (nSPS) is 13.4. The fraction of sp³-hybridized carbons (Fsp3) is 0.640. The lowest BCUT2D eigenvalue weighted by molar-refractivity contribution is -0.124. The number of hydrogen-bond acceptors (Lipinski definition) is 5. The molecule has 3 N–H and O–H groups in total. The largest absolute Gasteiger partial charge is 0.444 e. The number of hydrogen-bond donors (Lipinski definition) is 3. The van der Waals surface area contributed by atoms with E-state index >= 15 is 0 Å². The number of carbonyl (C=O) groups excluding carboxylic acids is 3. The van der Waals surface area contributed by atoms with Gasteiger partial charge in [0.1, 0.15) is 17.2 Å². The number of amides is 3. The number of unbranched alkanes of at least 4 members (excludes halogenated alkanes) is 1. The third-order valence-electron chi connectivity index (χ3n) is 4.37. The van der Waals surface area contributed by atoms with Gasteiger partial charge in [-0.3, -0.25) is 4.79 Å². The quantitative estimate of drug-likeness (QED) is 0.448. The van der Waals surface area contributed by atoms with Crippen molar-refractivity contribution in [2.75, 3.05) is 6.54 Å². The van der Waals surface area contributed by atoms with Crippen LogP contribution in [0.2, 0.25) is 0 Å². The standard InChI is InChI=1S/C25H41N3O5/c1-18(17-19-13-9-8-10-14-19)27-21(29)20(28-23(31)33-25(5,6)7)15-11-12-16-26-22(30)32-24(2,3)4/h8-10,13-14,18,20H,11-12,15-17H2,1-7H3,(H,26,30)(H,27,29)(H,28,31). The monoisotopic (exact) mass is 463 g/mol. The Morgan fingerprint density at radius 2 is 1.42 bits per heavy atom. The van der Waals surface area contributed by atoms with Crippen LogP contribution < -0.4 is 16.0 Å². The number of benzene rings is 1. The van der Waals surface area contributed by atoms with E-state index in [0.29, 0.717) is 32.2 Å². The van der Waals surface area contributed by atoms with Crippen molar-refractivity contribution in [1.82, 2.24) is 16.0 Å². The van der Waals surface area contributed by atoms with E-state index in [4.69, 9.17) is 9.47 Å². The average molecular weight is 464 g/mol. The van der Waals surface area contributed by atoms with Crippen molar-refractivity contribution in [3.8, 4) is 0 Å². The van der Waals surface area contributed by atoms with Crippen molar-refractivity contribution >= 4 is 18.1 Å². The molecule has 2 unspecified atom stereocenters. The highest BCUT2D eigenvalue weighted by atomic mass is 16.6. The maximum absolute atomic E-state index is 12.9. The molecule has 0 aliphatic rings. The molecule has 33 heavy (non-hydrogen) atoms. The van der Waals surface area contributed by atoms with Crippen molar-refractivity contribution in [3.63, 3.8) is 0 Å². The van der Waals surface area contributed by atoms with Crippen LogP contribution in [0.4, 0.5) is 9.59 Å². The molecule has 1 aromatic carbocycles. The summed E-state index contributed by atoms with van der Waals surface area (Å²) in [6, 6.07) is 9.05. The zero-order valence-corrected chi connectivity index (χ0v) is 21.1. The van der Waals surface area contributed by atoms with Gasteiger partial charge in [0.15, 0.2) is 0 Å². The third kappa shape index (κ3) is 14.1. The molecule has 2 atom stereocenters. The van der Waals surface area contributed by atoms with Gasteiger partial charge in [0.2, 0.25) is 5.91 Å². The fourth-order valence-corrected chi connectivity index (χ4v) is 3.06. The van der Waals surface area contributed by atoms with E-state index in [1.165, 1.54) is 0 Å².